The first-order chi connectivity index (χ1) is 16.0. The molecule has 188 valence electrons. The van der Waals surface area contributed by atoms with Gasteiger partial charge >= 0.3 is 5.97 Å². The first-order valence-electron chi connectivity index (χ1n) is 13.1. The molecule has 0 radical (unpaired) electrons. The Hall–Kier alpha value is -1.02. The Morgan fingerprint density at radius 3 is 2.55 bits per heavy atom. The molecule has 3 unspecified atom stereocenters. The number of carbonyl (C=O) groups is 1. The summed E-state index contributed by atoms with van der Waals surface area (Å²) in [6.07, 6.45) is 11.4. The maximum absolute atomic E-state index is 15.8. The summed E-state index contributed by atoms with van der Waals surface area (Å²) in [6, 6.07) is 0. The van der Waals surface area contributed by atoms with Crippen LogP contribution in [0.1, 0.15) is 84.5 Å². The molecule has 1 saturated carbocycles. The number of unbranched alkanes of at least 4 members (excludes halogenated alkanes) is 1. The molecule has 3 heterocycles. The molecular formula is C26H41FO6. The van der Waals surface area contributed by atoms with E-state index in [-0.39, 0.29) is 42.6 Å². The molecule has 8 atom stereocenters. The highest BCUT2D eigenvalue weighted by Crippen LogP contribution is 2.44. The van der Waals surface area contributed by atoms with Crippen LogP contribution in [0.25, 0.3) is 0 Å². The smallest absolute Gasteiger partial charge is 0.306 e. The molecule has 0 aromatic heterocycles. The molecule has 0 aromatic carbocycles. The van der Waals surface area contributed by atoms with E-state index in [0.29, 0.717) is 32.5 Å². The van der Waals surface area contributed by atoms with Gasteiger partial charge in [-0.15, -0.1) is 0 Å². The van der Waals surface area contributed by atoms with E-state index < -0.39 is 11.8 Å². The van der Waals surface area contributed by atoms with Gasteiger partial charge in [0.05, 0.1) is 12.5 Å². The third-order valence-corrected chi connectivity index (χ3v) is 7.57. The van der Waals surface area contributed by atoms with Gasteiger partial charge in [-0.25, -0.2) is 4.39 Å². The van der Waals surface area contributed by atoms with Crippen molar-refractivity contribution >= 4 is 5.97 Å². The van der Waals surface area contributed by atoms with Crippen LogP contribution in [0, 0.1) is 11.8 Å². The van der Waals surface area contributed by atoms with Gasteiger partial charge in [-0.1, -0.05) is 31.9 Å². The Kier molecular flexibility index (Phi) is 8.82. The minimum absolute atomic E-state index is 0.0349. The topological polar surface area (TPSA) is 63.2 Å². The van der Waals surface area contributed by atoms with Crippen molar-refractivity contribution in [1.82, 2.24) is 0 Å². The van der Waals surface area contributed by atoms with Crippen molar-refractivity contribution in [2.45, 2.75) is 121 Å². The van der Waals surface area contributed by atoms with Crippen molar-refractivity contribution in [3.8, 4) is 0 Å². The number of esters is 1. The Bertz CT molecular complexity index is 655. The molecule has 0 N–H and O–H groups in total. The van der Waals surface area contributed by atoms with Gasteiger partial charge < -0.3 is 23.7 Å². The quantitative estimate of drug-likeness (QED) is 0.323. The highest BCUT2D eigenvalue weighted by Gasteiger charge is 2.50. The summed E-state index contributed by atoms with van der Waals surface area (Å²) in [7, 11) is 0. The zero-order valence-corrected chi connectivity index (χ0v) is 20.2. The van der Waals surface area contributed by atoms with Crippen LogP contribution in [0.5, 0.6) is 0 Å². The molecule has 4 aliphatic rings. The first-order valence-corrected chi connectivity index (χ1v) is 13.1. The molecule has 0 spiro atoms. The van der Waals surface area contributed by atoms with E-state index in [2.05, 4.69) is 6.92 Å². The Labute approximate surface area is 197 Å². The maximum Gasteiger partial charge on any atom is 0.306 e. The minimum atomic E-state index is -1.50. The summed E-state index contributed by atoms with van der Waals surface area (Å²) in [6.45, 7) is 5.07. The lowest BCUT2D eigenvalue weighted by Gasteiger charge is -2.34. The number of hydrogen-bond donors (Lipinski definition) is 0. The average Bonchev–Trinajstić information content (AvgIpc) is 3.32. The van der Waals surface area contributed by atoms with E-state index in [4.69, 9.17) is 23.7 Å². The number of ether oxygens (including phenoxy) is 5. The second-order valence-corrected chi connectivity index (χ2v) is 10.3. The third-order valence-electron chi connectivity index (χ3n) is 7.57. The fourth-order valence-electron chi connectivity index (χ4n) is 5.59. The molecule has 3 aliphatic heterocycles. The number of carbonyl (C=O) groups excluding carboxylic acids is 1. The number of alkyl halides is 1. The fraction of sp³-hybridized carbons (Fsp3) is 0.885. The molecule has 0 aromatic rings. The molecule has 0 bridgehead atoms. The van der Waals surface area contributed by atoms with Gasteiger partial charge in [0.1, 0.15) is 17.9 Å². The van der Waals surface area contributed by atoms with Crippen molar-refractivity contribution in [2.24, 2.45) is 11.8 Å². The Balaban J connectivity index is 1.49. The van der Waals surface area contributed by atoms with E-state index in [1.807, 2.05) is 12.2 Å². The van der Waals surface area contributed by atoms with Crippen LogP contribution in [0.4, 0.5) is 4.39 Å². The molecule has 4 fully saturated rings. The molecular weight excluding hydrogens is 427 g/mol. The van der Waals surface area contributed by atoms with Gasteiger partial charge in [-0.05, 0) is 51.9 Å². The lowest BCUT2D eigenvalue weighted by atomic mass is 9.88. The van der Waals surface area contributed by atoms with Crippen LogP contribution in [0.2, 0.25) is 0 Å². The van der Waals surface area contributed by atoms with E-state index in [0.717, 1.165) is 51.4 Å². The van der Waals surface area contributed by atoms with Crippen LogP contribution in [-0.2, 0) is 28.5 Å². The lowest BCUT2D eigenvalue weighted by molar-refractivity contribution is -0.202. The van der Waals surface area contributed by atoms with Crippen LogP contribution >= 0.6 is 0 Å². The second kappa shape index (κ2) is 11.6. The summed E-state index contributed by atoms with van der Waals surface area (Å²) in [5.41, 5.74) is -1.50. The van der Waals surface area contributed by atoms with Crippen molar-refractivity contribution in [2.75, 3.05) is 13.2 Å². The first kappa shape index (κ1) is 25.1. The Morgan fingerprint density at radius 1 is 1.15 bits per heavy atom. The lowest BCUT2D eigenvalue weighted by Crippen LogP contribution is -2.40. The molecule has 7 heteroatoms. The highest BCUT2D eigenvalue weighted by molar-refractivity contribution is 5.72. The monoisotopic (exact) mass is 468 g/mol. The summed E-state index contributed by atoms with van der Waals surface area (Å²) in [5.74, 6) is -0.139. The minimum Gasteiger partial charge on any atom is -0.462 e. The molecule has 3 saturated heterocycles. The van der Waals surface area contributed by atoms with Gasteiger partial charge in [-0.2, -0.15) is 0 Å². The van der Waals surface area contributed by atoms with Crippen molar-refractivity contribution in [3.63, 3.8) is 0 Å². The van der Waals surface area contributed by atoms with Crippen LogP contribution in [-0.4, -0.2) is 55.7 Å². The third kappa shape index (κ3) is 6.56. The van der Waals surface area contributed by atoms with Gasteiger partial charge in [0, 0.05) is 31.5 Å². The normalized spacial score (nSPS) is 37.6. The predicted molar refractivity (Wildman–Crippen MR) is 121 cm³/mol. The Morgan fingerprint density at radius 2 is 1.88 bits per heavy atom. The van der Waals surface area contributed by atoms with Crippen molar-refractivity contribution in [1.29, 1.82) is 0 Å². The molecule has 1 aliphatic carbocycles. The van der Waals surface area contributed by atoms with Crippen molar-refractivity contribution in [3.05, 3.63) is 12.2 Å². The van der Waals surface area contributed by atoms with Crippen molar-refractivity contribution < 1.29 is 32.9 Å². The van der Waals surface area contributed by atoms with Gasteiger partial charge in [0.15, 0.2) is 12.6 Å². The zero-order valence-electron chi connectivity index (χ0n) is 20.2. The van der Waals surface area contributed by atoms with Crippen LogP contribution in [0.3, 0.4) is 0 Å². The number of halogens is 1. The van der Waals surface area contributed by atoms with Crippen LogP contribution in [0.15, 0.2) is 12.2 Å². The van der Waals surface area contributed by atoms with E-state index in [1.54, 1.807) is 6.92 Å². The molecule has 4 rings (SSSR count). The number of hydrogen-bond acceptors (Lipinski definition) is 6. The second-order valence-electron chi connectivity index (χ2n) is 10.3. The number of fused-ring (bicyclic) bond motifs is 1. The van der Waals surface area contributed by atoms with Crippen LogP contribution < -0.4 is 0 Å². The zero-order chi connectivity index (χ0) is 23.3. The summed E-state index contributed by atoms with van der Waals surface area (Å²) < 4.78 is 45.5. The van der Waals surface area contributed by atoms with E-state index >= 15 is 4.39 Å². The number of rotatable bonds is 10. The summed E-state index contributed by atoms with van der Waals surface area (Å²) in [4.78, 5) is 12.0. The van der Waals surface area contributed by atoms with E-state index in [1.165, 1.54) is 0 Å². The van der Waals surface area contributed by atoms with Gasteiger partial charge in [0.2, 0.25) is 0 Å². The average molecular weight is 469 g/mol. The fourth-order valence-corrected chi connectivity index (χ4v) is 5.59. The van der Waals surface area contributed by atoms with E-state index in [9.17, 15) is 4.79 Å². The summed E-state index contributed by atoms with van der Waals surface area (Å²) >= 11 is 0. The standard InChI is InChI=1S/C26H41FO6/c1-3-4-13-26(2,27)22(33-25-10-6-8-15-30-25)12-11-18-19-16-23(28)31-21(19)17-20(18)32-24-9-5-7-14-29-24/h11-12,18-22,24-25H,3-10,13-17H2,1-2H3/b12-11+/t18-,19-,20-,21+,22+,24?,25?,26?/m0/s1. The molecule has 6 nitrogen and oxygen atoms in total. The van der Waals surface area contributed by atoms with Gasteiger partial charge in [0.25, 0.3) is 0 Å². The largest absolute Gasteiger partial charge is 0.462 e. The molecule has 33 heavy (non-hydrogen) atoms. The SMILES string of the molecule is CCCCC(C)(F)[C@@H](/C=C/[C@H]1[C@@H]2CC(=O)O[C@@H]2C[C@@H]1OC1CCCCO1)OC1CCCCO1. The maximum atomic E-state index is 15.8. The summed E-state index contributed by atoms with van der Waals surface area (Å²) in [5, 5.41) is 0. The highest BCUT2D eigenvalue weighted by atomic mass is 19.1. The molecule has 0 amide bonds. The predicted octanol–water partition coefficient (Wildman–Crippen LogP) is 5.24. The van der Waals surface area contributed by atoms with Gasteiger partial charge in [-0.3, -0.25) is 4.79 Å².